The Morgan fingerprint density at radius 1 is 0.833 bits per heavy atom. The van der Waals surface area contributed by atoms with Gasteiger partial charge >= 0.3 is 0 Å². The lowest BCUT2D eigenvalue weighted by Crippen LogP contribution is -1.99. The first-order valence-electron chi connectivity index (χ1n) is 9.18. The number of nitrogens with zero attached hydrogens (tertiary/aromatic N) is 6. The van der Waals surface area contributed by atoms with Crippen LogP contribution in [0.25, 0.3) is 33.8 Å². The summed E-state index contributed by atoms with van der Waals surface area (Å²) >= 11 is 0. The number of hydrogen-bond donors (Lipinski definition) is 0. The first-order valence-corrected chi connectivity index (χ1v) is 9.18. The number of ether oxygens (including phenoxy) is 3. The Labute approximate surface area is 171 Å². The van der Waals surface area contributed by atoms with Crippen LogP contribution >= 0.6 is 0 Å². The van der Waals surface area contributed by atoms with Crippen molar-refractivity contribution in [1.29, 1.82) is 0 Å². The van der Waals surface area contributed by atoms with E-state index in [-0.39, 0.29) is 0 Å². The van der Waals surface area contributed by atoms with Gasteiger partial charge in [0.2, 0.25) is 5.75 Å². The smallest absolute Gasteiger partial charge is 0.203 e. The number of hydrogen-bond acceptors (Lipinski definition) is 7. The maximum absolute atomic E-state index is 5.46. The average molecular weight is 402 g/mol. The number of benzene rings is 2. The van der Waals surface area contributed by atoms with Crippen LogP contribution in [0.5, 0.6) is 17.2 Å². The van der Waals surface area contributed by atoms with Gasteiger partial charge in [0.1, 0.15) is 6.33 Å². The van der Waals surface area contributed by atoms with E-state index in [1.165, 1.54) is 0 Å². The Morgan fingerprint density at radius 3 is 2.23 bits per heavy atom. The fraction of sp³-hybridized carbons (Fsp3) is 0.143. The Morgan fingerprint density at radius 2 is 1.57 bits per heavy atom. The molecule has 3 heterocycles. The highest BCUT2D eigenvalue weighted by Crippen LogP contribution is 2.41. The number of rotatable bonds is 5. The van der Waals surface area contributed by atoms with Crippen LogP contribution in [-0.2, 0) is 0 Å². The molecule has 2 aromatic carbocycles. The molecule has 0 spiro atoms. The first kappa shape index (κ1) is 17.9. The van der Waals surface area contributed by atoms with E-state index in [0.717, 1.165) is 16.6 Å². The third kappa shape index (κ3) is 2.63. The number of methoxy groups -OCH3 is 3. The van der Waals surface area contributed by atoms with Crippen LogP contribution in [0.15, 0.2) is 55.0 Å². The monoisotopic (exact) mass is 402 g/mol. The molecule has 0 N–H and O–H groups in total. The maximum Gasteiger partial charge on any atom is 0.203 e. The summed E-state index contributed by atoms with van der Waals surface area (Å²) < 4.78 is 19.9. The lowest BCUT2D eigenvalue weighted by Gasteiger charge is -2.13. The highest BCUT2D eigenvalue weighted by molar-refractivity contribution is 5.90. The molecule has 5 aromatic rings. The van der Waals surface area contributed by atoms with Gasteiger partial charge in [-0.3, -0.25) is 4.40 Å². The third-order valence-electron chi connectivity index (χ3n) is 4.90. The van der Waals surface area contributed by atoms with Gasteiger partial charge in [0.25, 0.3) is 0 Å². The van der Waals surface area contributed by atoms with E-state index in [9.17, 15) is 0 Å². The van der Waals surface area contributed by atoms with Gasteiger partial charge in [-0.05, 0) is 24.3 Å². The van der Waals surface area contributed by atoms with E-state index in [1.807, 2.05) is 46.9 Å². The van der Waals surface area contributed by atoms with Crippen molar-refractivity contribution in [1.82, 2.24) is 29.4 Å². The van der Waals surface area contributed by atoms with Crippen LogP contribution in [0.4, 0.5) is 0 Å². The Hall–Kier alpha value is -4.14. The predicted molar refractivity (Wildman–Crippen MR) is 111 cm³/mol. The average Bonchev–Trinajstić information content (AvgIpc) is 3.42. The second kappa shape index (κ2) is 7.03. The summed E-state index contributed by atoms with van der Waals surface area (Å²) in [7, 11) is 4.72. The largest absolute Gasteiger partial charge is 0.493 e. The molecule has 0 aliphatic carbocycles. The fourth-order valence-electron chi connectivity index (χ4n) is 3.49. The van der Waals surface area contributed by atoms with E-state index >= 15 is 0 Å². The number of para-hydroxylation sites is 1. The lowest BCUT2D eigenvalue weighted by molar-refractivity contribution is 0.324. The van der Waals surface area contributed by atoms with Gasteiger partial charge in [0.15, 0.2) is 28.6 Å². The van der Waals surface area contributed by atoms with Crippen LogP contribution in [0.2, 0.25) is 0 Å². The molecule has 0 aliphatic rings. The van der Waals surface area contributed by atoms with Gasteiger partial charge in [0.05, 0.1) is 38.6 Å². The quantitative estimate of drug-likeness (QED) is 0.446. The number of fused-ring (bicyclic) bond motifs is 3. The minimum atomic E-state index is 0.516. The van der Waals surface area contributed by atoms with Crippen molar-refractivity contribution < 1.29 is 14.2 Å². The van der Waals surface area contributed by atoms with Gasteiger partial charge in [-0.15, -0.1) is 10.2 Å². The molecule has 3 aromatic heterocycles. The lowest BCUT2D eigenvalue weighted by atomic mass is 10.1. The molecule has 0 saturated heterocycles. The van der Waals surface area contributed by atoms with E-state index in [0.29, 0.717) is 34.4 Å². The van der Waals surface area contributed by atoms with Crippen LogP contribution in [0.1, 0.15) is 0 Å². The second-order valence-electron chi connectivity index (χ2n) is 6.51. The zero-order valence-corrected chi connectivity index (χ0v) is 16.6. The molecular formula is C21H18N6O3. The highest BCUT2D eigenvalue weighted by atomic mass is 16.5. The van der Waals surface area contributed by atoms with Crippen molar-refractivity contribution in [2.45, 2.75) is 0 Å². The standard InChI is InChI=1S/C21H18N6O3/c1-28-16-9-13(10-17(29-2)18(16)30-3)19-24-25-21-15-11-23-27(14-7-5-4-6-8-14)20(15)22-12-26(19)21/h4-12H,1-3H3. The zero-order valence-electron chi connectivity index (χ0n) is 16.6. The summed E-state index contributed by atoms with van der Waals surface area (Å²) in [5, 5.41) is 14.1. The van der Waals surface area contributed by atoms with Crippen LogP contribution < -0.4 is 14.2 Å². The van der Waals surface area contributed by atoms with E-state index < -0.39 is 0 Å². The third-order valence-corrected chi connectivity index (χ3v) is 4.90. The normalized spacial score (nSPS) is 11.2. The van der Waals surface area contributed by atoms with Crippen molar-refractivity contribution in [2.75, 3.05) is 21.3 Å². The van der Waals surface area contributed by atoms with Gasteiger partial charge < -0.3 is 14.2 Å². The Balaban J connectivity index is 1.69. The molecule has 5 rings (SSSR count). The summed E-state index contributed by atoms with van der Waals surface area (Å²) in [4.78, 5) is 4.62. The summed E-state index contributed by atoms with van der Waals surface area (Å²) in [6.45, 7) is 0. The van der Waals surface area contributed by atoms with E-state index in [4.69, 9.17) is 14.2 Å². The second-order valence-corrected chi connectivity index (χ2v) is 6.51. The van der Waals surface area contributed by atoms with Crippen molar-refractivity contribution in [3.63, 3.8) is 0 Å². The molecular weight excluding hydrogens is 384 g/mol. The molecule has 30 heavy (non-hydrogen) atoms. The minimum Gasteiger partial charge on any atom is -0.493 e. The molecule has 0 fully saturated rings. The molecule has 9 nitrogen and oxygen atoms in total. The van der Waals surface area contributed by atoms with Crippen molar-refractivity contribution >= 4 is 16.7 Å². The molecule has 0 bridgehead atoms. The summed E-state index contributed by atoms with van der Waals surface area (Å²) in [6.07, 6.45) is 3.44. The maximum atomic E-state index is 5.46. The fourth-order valence-corrected chi connectivity index (χ4v) is 3.49. The predicted octanol–water partition coefficient (Wildman–Crippen LogP) is 3.16. The first-order chi connectivity index (χ1) is 14.7. The molecule has 0 amide bonds. The van der Waals surface area contributed by atoms with Crippen LogP contribution in [-0.4, -0.2) is 50.7 Å². The molecule has 9 heteroatoms. The van der Waals surface area contributed by atoms with E-state index in [2.05, 4.69) is 20.3 Å². The molecule has 0 radical (unpaired) electrons. The summed E-state index contributed by atoms with van der Waals surface area (Å²) in [6, 6.07) is 13.5. The molecule has 0 saturated carbocycles. The highest BCUT2D eigenvalue weighted by Gasteiger charge is 2.19. The van der Waals surface area contributed by atoms with Crippen LogP contribution in [0.3, 0.4) is 0 Å². The molecule has 150 valence electrons. The summed E-state index contributed by atoms with van der Waals surface area (Å²) in [5.41, 5.74) is 3.05. The van der Waals surface area contributed by atoms with Gasteiger partial charge in [0, 0.05) is 5.56 Å². The van der Waals surface area contributed by atoms with Crippen molar-refractivity contribution in [2.24, 2.45) is 0 Å². The summed E-state index contributed by atoms with van der Waals surface area (Å²) in [5.74, 6) is 2.19. The van der Waals surface area contributed by atoms with Crippen LogP contribution in [0, 0.1) is 0 Å². The van der Waals surface area contributed by atoms with Gasteiger partial charge in [-0.1, -0.05) is 18.2 Å². The van der Waals surface area contributed by atoms with E-state index in [1.54, 1.807) is 38.5 Å². The minimum absolute atomic E-state index is 0.516. The van der Waals surface area contributed by atoms with Gasteiger partial charge in [-0.2, -0.15) is 5.10 Å². The Bertz CT molecular complexity index is 1330. The SMILES string of the molecule is COc1cc(-c2nnc3c4cnn(-c5ccccc5)c4ncn23)cc(OC)c1OC. The molecule has 0 atom stereocenters. The zero-order chi connectivity index (χ0) is 20.7. The topological polar surface area (TPSA) is 88.6 Å². The number of aromatic nitrogens is 6. The Kier molecular flexibility index (Phi) is 4.20. The molecule has 0 unspecified atom stereocenters. The molecule has 0 aliphatic heterocycles. The van der Waals surface area contributed by atoms with Crippen molar-refractivity contribution in [3.05, 3.63) is 55.0 Å². The van der Waals surface area contributed by atoms with Crippen molar-refractivity contribution in [3.8, 4) is 34.3 Å². The van der Waals surface area contributed by atoms with Gasteiger partial charge in [-0.25, -0.2) is 9.67 Å².